The molecule has 5 nitrogen and oxygen atoms in total. The minimum Gasteiger partial charge on any atom is -0.504 e. The Morgan fingerprint density at radius 1 is 1.62 bits per heavy atom. The zero-order valence-corrected chi connectivity index (χ0v) is 9.23. The average Bonchev–Trinajstić information content (AvgIpc) is 2.31. The predicted octanol–water partition coefficient (Wildman–Crippen LogP) is 1.26. The number of hydrazone groups is 1. The zero-order chi connectivity index (χ0) is 12.0. The summed E-state index contributed by atoms with van der Waals surface area (Å²) in [5.74, 6) is 0.282. The smallest absolute Gasteiger partial charge is 0.239 e. The van der Waals surface area contributed by atoms with Crippen molar-refractivity contribution in [3.05, 3.63) is 23.8 Å². The molecule has 86 valence electrons. The van der Waals surface area contributed by atoms with Gasteiger partial charge in [0.1, 0.15) is 0 Å². The number of carbonyl (C=O) groups excluding carboxylic acids is 1. The molecule has 5 heteroatoms. The van der Waals surface area contributed by atoms with Gasteiger partial charge in [-0.3, -0.25) is 4.79 Å². The highest BCUT2D eigenvalue weighted by atomic mass is 16.5. The van der Waals surface area contributed by atoms with Crippen LogP contribution in [0.1, 0.15) is 18.9 Å². The van der Waals surface area contributed by atoms with E-state index in [1.54, 1.807) is 19.1 Å². The van der Waals surface area contributed by atoms with Gasteiger partial charge in [0.25, 0.3) is 0 Å². The van der Waals surface area contributed by atoms with Crippen molar-refractivity contribution in [3.63, 3.8) is 0 Å². The first-order valence-electron chi connectivity index (χ1n) is 4.86. The number of nitrogens with zero attached hydrogens (tertiary/aromatic N) is 1. The van der Waals surface area contributed by atoms with Crippen molar-refractivity contribution in [2.24, 2.45) is 5.10 Å². The van der Waals surface area contributed by atoms with Crippen molar-refractivity contribution < 1.29 is 14.6 Å². The van der Waals surface area contributed by atoms with Gasteiger partial charge in [0.15, 0.2) is 11.5 Å². The SMILES string of the molecule is CCC(=O)NN=Cc1ccc(O)c(OC)c1. The molecular formula is C11H14N2O3. The second kappa shape index (κ2) is 5.75. The van der Waals surface area contributed by atoms with E-state index in [1.165, 1.54) is 19.4 Å². The molecule has 1 aromatic carbocycles. The largest absolute Gasteiger partial charge is 0.504 e. The van der Waals surface area contributed by atoms with Crippen LogP contribution < -0.4 is 10.2 Å². The molecule has 0 saturated carbocycles. The summed E-state index contributed by atoms with van der Waals surface area (Å²) in [6.45, 7) is 1.74. The van der Waals surface area contributed by atoms with Gasteiger partial charge in [0.2, 0.25) is 5.91 Å². The summed E-state index contributed by atoms with van der Waals surface area (Å²) < 4.78 is 4.94. The molecule has 16 heavy (non-hydrogen) atoms. The highest BCUT2D eigenvalue weighted by molar-refractivity contribution is 5.83. The molecule has 0 radical (unpaired) electrons. The molecule has 0 bridgehead atoms. The topological polar surface area (TPSA) is 70.9 Å². The molecule has 0 atom stereocenters. The number of methoxy groups -OCH3 is 1. The van der Waals surface area contributed by atoms with Gasteiger partial charge in [-0.2, -0.15) is 5.10 Å². The van der Waals surface area contributed by atoms with Gasteiger partial charge in [-0.25, -0.2) is 5.43 Å². The number of nitrogens with one attached hydrogen (secondary N) is 1. The Kier molecular flexibility index (Phi) is 4.32. The molecule has 0 aliphatic heterocycles. The molecule has 1 aromatic rings. The highest BCUT2D eigenvalue weighted by Gasteiger charge is 2.00. The number of carbonyl (C=O) groups is 1. The van der Waals surface area contributed by atoms with Crippen molar-refractivity contribution in [2.75, 3.05) is 7.11 Å². The first-order chi connectivity index (χ1) is 7.67. The van der Waals surface area contributed by atoms with Gasteiger partial charge in [0, 0.05) is 6.42 Å². The lowest BCUT2D eigenvalue weighted by atomic mass is 10.2. The van der Waals surface area contributed by atoms with Crippen LogP contribution in [0.5, 0.6) is 11.5 Å². The van der Waals surface area contributed by atoms with E-state index in [9.17, 15) is 9.90 Å². The third kappa shape index (κ3) is 3.27. The third-order valence-electron chi connectivity index (χ3n) is 1.93. The van der Waals surface area contributed by atoms with E-state index < -0.39 is 0 Å². The maximum atomic E-state index is 10.9. The second-order valence-corrected chi connectivity index (χ2v) is 3.08. The summed E-state index contributed by atoms with van der Waals surface area (Å²) in [7, 11) is 1.47. The highest BCUT2D eigenvalue weighted by Crippen LogP contribution is 2.25. The van der Waals surface area contributed by atoms with Gasteiger partial charge in [-0.1, -0.05) is 6.92 Å². The fourth-order valence-electron chi connectivity index (χ4n) is 1.03. The number of ether oxygens (including phenoxy) is 1. The quantitative estimate of drug-likeness (QED) is 0.595. The van der Waals surface area contributed by atoms with Gasteiger partial charge in [-0.05, 0) is 23.8 Å². The zero-order valence-electron chi connectivity index (χ0n) is 9.23. The lowest BCUT2D eigenvalue weighted by Gasteiger charge is -2.03. The minimum atomic E-state index is -0.151. The van der Waals surface area contributed by atoms with Gasteiger partial charge in [0.05, 0.1) is 13.3 Å². The summed E-state index contributed by atoms with van der Waals surface area (Å²) in [6.07, 6.45) is 1.87. The first-order valence-corrected chi connectivity index (χ1v) is 4.86. The summed E-state index contributed by atoms with van der Waals surface area (Å²) in [6, 6.07) is 4.79. The Morgan fingerprint density at radius 2 is 2.38 bits per heavy atom. The molecule has 0 spiro atoms. The number of amides is 1. The molecule has 0 aliphatic carbocycles. The monoisotopic (exact) mass is 222 g/mol. The number of hydrogen-bond donors (Lipinski definition) is 2. The van der Waals surface area contributed by atoms with E-state index in [1.807, 2.05) is 0 Å². The normalized spacial score (nSPS) is 10.4. The van der Waals surface area contributed by atoms with Gasteiger partial charge >= 0.3 is 0 Å². The van der Waals surface area contributed by atoms with Gasteiger partial charge < -0.3 is 9.84 Å². The summed E-state index contributed by atoms with van der Waals surface area (Å²) in [4.78, 5) is 10.9. The number of aromatic hydroxyl groups is 1. The Hall–Kier alpha value is -2.04. The standard InChI is InChI=1S/C11H14N2O3/c1-3-11(15)13-12-7-8-4-5-9(14)10(6-8)16-2/h4-7,14H,3H2,1-2H3,(H,13,15). The molecule has 1 amide bonds. The fourth-order valence-corrected chi connectivity index (χ4v) is 1.03. The molecular weight excluding hydrogens is 208 g/mol. The second-order valence-electron chi connectivity index (χ2n) is 3.08. The van der Waals surface area contributed by atoms with Crippen molar-refractivity contribution in [3.8, 4) is 11.5 Å². The van der Waals surface area contributed by atoms with E-state index in [4.69, 9.17) is 4.74 Å². The lowest BCUT2D eigenvalue weighted by Crippen LogP contribution is -2.15. The van der Waals surface area contributed by atoms with Crippen molar-refractivity contribution >= 4 is 12.1 Å². The minimum absolute atomic E-state index is 0.0669. The predicted molar refractivity (Wildman–Crippen MR) is 60.7 cm³/mol. The Balaban J connectivity index is 2.70. The molecule has 0 fully saturated rings. The summed E-state index contributed by atoms with van der Waals surface area (Å²) in [5, 5.41) is 13.1. The summed E-state index contributed by atoms with van der Waals surface area (Å²) in [5.41, 5.74) is 3.09. The average molecular weight is 222 g/mol. The van der Waals surface area contributed by atoms with Crippen LogP contribution in [0.25, 0.3) is 0 Å². The van der Waals surface area contributed by atoms with E-state index in [-0.39, 0.29) is 11.7 Å². The Morgan fingerprint density at radius 3 is 3.00 bits per heavy atom. The van der Waals surface area contributed by atoms with Crippen LogP contribution in [0.4, 0.5) is 0 Å². The maximum absolute atomic E-state index is 10.9. The van der Waals surface area contributed by atoms with E-state index in [0.29, 0.717) is 12.2 Å². The Bertz CT molecular complexity index is 402. The van der Waals surface area contributed by atoms with Crippen molar-refractivity contribution in [1.29, 1.82) is 0 Å². The summed E-state index contributed by atoms with van der Waals surface area (Å²) >= 11 is 0. The van der Waals surface area contributed by atoms with Crippen LogP contribution in [0, 0.1) is 0 Å². The molecule has 0 aliphatic rings. The van der Waals surface area contributed by atoms with Crippen LogP contribution >= 0.6 is 0 Å². The Labute approximate surface area is 93.7 Å². The molecule has 2 N–H and O–H groups in total. The van der Waals surface area contributed by atoms with E-state index in [2.05, 4.69) is 10.5 Å². The van der Waals surface area contributed by atoms with Crippen LogP contribution in [0.2, 0.25) is 0 Å². The number of rotatable bonds is 4. The van der Waals surface area contributed by atoms with Crippen molar-refractivity contribution in [2.45, 2.75) is 13.3 Å². The first kappa shape index (κ1) is 12.0. The molecule has 0 heterocycles. The van der Waals surface area contributed by atoms with Crippen LogP contribution in [-0.2, 0) is 4.79 Å². The van der Waals surface area contributed by atoms with Crippen LogP contribution in [0.3, 0.4) is 0 Å². The fraction of sp³-hybridized carbons (Fsp3) is 0.273. The van der Waals surface area contributed by atoms with Crippen LogP contribution in [-0.4, -0.2) is 24.3 Å². The third-order valence-corrected chi connectivity index (χ3v) is 1.93. The molecule has 1 rings (SSSR count). The number of benzene rings is 1. The number of phenols is 1. The maximum Gasteiger partial charge on any atom is 0.239 e. The van der Waals surface area contributed by atoms with E-state index in [0.717, 1.165) is 5.56 Å². The number of phenolic OH excluding ortho intramolecular Hbond substituents is 1. The van der Waals surface area contributed by atoms with E-state index >= 15 is 0 Å². The molecule has 0 aromatic heterocycles. The van der Waals surface area contributed by atoms with Gasteiger partial charge in [-0.15, -0.1) is 0 Å². The van der Waals surface area contributed by atoms with Crippen LogP contribution in [0.15, 0.2) is 23.3 Å². The molecule has 0 saturated heterocycles. The molecule has 0 unspecified atom stereocenters. The van der Waals surface area contributed by atoms with Crippen molar-refractivity contribution in [1.82, 2.24) is 5.43 Å². The number of hydrogen-bond acceptors (Lipinski definition) is 4. The lowest BCUT2D eigenvalue weighted by molar-refractivity contribution is -0.120.